The number of halogens is 1. The second kappa shape index (κ2) is 7.67. The standard InChI is InChI=1S/C13H20N2OS.ClH/c1-13(2,3)17-11-7-5-10(6-8-11)15-12(16)9-14-4;/h5-8,14H,9H2,1-4H3,(H,15,16);1H. The molecule has 1 rings (SSSR count). The number of carbonyl (C=O) groups is 1. The van der Waals surface area contributed by atoms with Gasteiger partial charge in [0.2, 0.25) is 5.91 Å². The molecule has 0 saturated carbocycles. The van der Waals surface area contributed by atoms with Crippen molar-refractivity contribution in [1.82, 2.24) is 5.32 Å². The molecule has 18 heavy (non-hydrogen) atoms. The van der Waals surface area contributed by atoms with Gasteiger partial charge in [0.1, 0.15) is 0 Å². The molecule has 1 aromatic rings. The summed E-state index contributed by atoms with van der Waals surface area (Å²) in [5.41, 5.74) is 0.837. The lowest BCUT2D eigenvalue weighted by molar-refractivity contribution is -0.115. The molecule has 0 aliphatic rings. The van der Waals surface area contributed by atoms with E-state index in [-0.39, 0.29) is 23.1 Å². The Hall–Kier alpha value is -0.710. The summed E-state index contributed by atoms with van der Waals surface area (Å²) in [4.78, 5) is 12.6. The highest BCUT2D eigenvalue weighted by atomic mass is 35.5. The van der Waals surface area contributed by atoms with Crippen LogP contribution in [0.5, 0.6) is 0 Å². The first kappa shape index (κ1) is 17.3. The zero-order valence-electron chi connectivity index (χ0n) is 11.2. The summed E-state index contributed by atoms with van der Waals surface area (Å²) in [6.45, 7) is 6.87. The van der Waals surface area contributed by atoms with Crippen molar-refractivity contribution in [2.45, 2.75) is 30.4 Å². The summed E-state index contributed by atoms with van der Waals surface area (Å²) in [7, 11) is 1.75. The largest absolute Gasteiger partial charge is 0.325 e. The van der Waals surface area contributed by atoms with Gasteiger partial charge in [-0.25, -0.2) is 0 Å². The van der Waals surface area contributed by atoms with E-state index in [4.69, 9.17) is 0 Å². The number of rotatable bonds is 4. The van der Waals surface area contributed by atoms with Crippen LogP contribution in [0.4, 0.5) is 5.69 Å². The smallest absolute Gasteiger partial charge is 0.238 e. The fourth-order valence-corrected chi connectivity index (χ4v) is 2.30. The van der Waals surface area contributed by atoms with Crippen LogP contribution in [0.1, 0.15) is 20.8 Å². The summed E-state index contributed by atoms with van der Waals surface area (Å²) >= 11 is 1.81. The first-order valence-corrected chi connectivity index (χ1v) is 6.46. The number of carbonyl (C=O) groups excluding carboxylic acids is 1. The zero-order valence-corrected chi connectivity index (χ0v) is 12.9. The van der Waals surface area contributed by atoms with Crippen LogP contribution in [0.3, 0.4) is 0 Å². The van der Waals surface area contributed by atoms with Crippen LogP contribution in [-0.2, 0) is 4.79 Å². The first-order chi connectivity index (χ1) is 7.90. The van der Waals surface area contributed by atoms with E-state index in [0.717, 1.165) is 5.69 Å². The first-order valence-electron chi connectivity index (χ1n) is 5.64. The highest BCUT2D eigenvalue weighted by Crippen LogP contribution is 2.32. The number of hydrogen-bond donors (Lipinski definition) is 2. The highest BCUT2D eigenvalue weighted by molar-refractivity contribution is 8.00. The van der Waals surface area contributed by atoms with E-state index < -0.39 is 0 Å². The molecule has 0 radical (unpaired) electrons. The van der Waals surface area contributed by atoms with E-state index in [1.807, 2.05) is 36.0 Å². The molecule has 0 aliphatic heterocycles. The van der Waals surface area contributed by atoms with Gasteiger partial charge in [-0.2, -0.15) is 0 Å². The Morgan fingerprint density at radius 3 is 2.22 bits per heavy atom. The van der Waals surface area contributed by atoms with Crippen LogP contribution in [-0.4, -0.2) is 24.2 Å². The summed E-state index contributed by atoms with van der Waals surface area (Å²) in [5, 5.41) is 5.64. The van der Waals surface area contributed by atoms with Crippen LogP contribution < -0.4 is 10.6 Å². The predicted molar refractivity (Wildman–Crippen MR) is 81.9 cm³/mol. The minimum atomic E-state index is -0.0243. The minimum absolute atomic E-state index is 0. The lowest BCUT2D eigenvalue weighted by atomic mass is 10.3. The summed E-state index contributed by atoms with van der Waals surface area (Å²) < 4.78 is 0.205. The average Bonchev–Trinajstić information content (AvgIpc) is 2.19. The number of benzene rings is 1. The van der Waals surface area contributed by atoms with Crippen molar-refractivity contribution in [3.05, 3.63) is 24.3 Å². The fraction of sp³-hybridized carbons (Fsp3) is 0.462. The van der Waals surface area contributed by atoms with E-state index in [1.165, 1.54) is 4.90 Å². The van der Waals surface area contributed by atoms with Gasteiger partial charge in [0, 0.05) is 15.3 Å². The molecule has 3 nitrogen and oxygen atoms in total. The molecule has 1 aromatic carbocycles. The van der Waals surface area contributed by atoms with Crippen molar-refractivity contribution in [2.75, 3.05) is 18.9 Å². The maximum Gasteiger partial charge on any atom is 0.238 e. The van der Waals surface area contributed by atoms with Crippen molar-refractivity contribution >= 4 is 35.8 Å². The van der Waals surface area contributed by atoms with Gasteiger partial charge in [-0.15, -0.1) is 24.2 Å². The van der Waals surface area contributed by atoms with Crippen molar-refractivity contribution < 1.29 is 4.79 Å². The molecule has 0 saturated heterocycles. The Labute approximate surface area is 120 Å². The lowest BCUT2D eigenvalue weighted by Crippen LogP contribution is -2.24. The van der Waals surface area contributed by atoms with E-state index >= 15 is 0 Å². The van der Waals surface area contributed by atoms with E-state index in [0.29, 0.717) is 6.54 Å². The molecule has 2 N–H and O–H groups in total. The Balaban J connectivity index is 0.00000289. The quantitative estimate of drug-likeness (QED) is 0.836. The Kier molecular flexibility index (Phi) is 7.36. The van der Waals surface area contributed by atoms with Gasteiger partial charge in [0.15, 0.2) is 0 Å². The van der Waals surface area contributed by atoms with Gasteiger partial charge in [0.05, 0.1) is 6.54 Å². The Morgan fingerprint density at radius 2 is 1.78 bits per heavy atom. The second-order valence-electron chi connectivity index (χ2n) is 4.82. The molecule has 102 valence electrons. The highest BCUT2D eigenvalue weighted by Gasteiger charge is 2.11. The molecule has 0 fully saturated rings. The van der Waals surface area contributed by atoms with E-state index in [2.05, 4.69) is 31.4 Å². The lowest BCUT2D eigenvalue weighted by Gasteiger charge is -2.17. The molecule has 1 amide bonds. The average molecular weight is 289 g/mol. The van der Waals surface area contributed by atoms with Crippen LogP contribution in [0, 0.1) is 0 Å². The molecule has 0 aliphatic carbocycles. The van der Waals surface area contributed by atoms with Crippen molar-refractivity contribution in [3.8, 4) is 0 Å². The van der Waals surface area contributed by atoms with E-state index in [9.17, 15) is 4.79 Å². The SMILES string of the molecule is CNCC(=O)Nc1ccc(SC(C)(C)C)cc1.Cl. The molecule has 0 atom stereocenters. The van der Waals surface area contributed by atoms with Crippen molar-refractivity contribution in [2.24, 2.45) is 0 Å². The molecule has 0 bridgehead atoms. The zero-order chi connectivity index (χ0) is 12.9. The van der Waals surface area contributed by atoms with E-state index in [1.54, 1.807) is 7.05 Å². The van der Waals surface area contributed by atoms with Gasteiger partial charge in [-0.1, -0.05) is 20.8 Å². The van der Waals surface area contributed by atoms with Crippen LogP contribution in [0.15, 0.2) is 29.2 Å². The molecule has 0 spiro atoms. The monoisotopic (exact) mass is 288 g/mol. The summed E-state index contributed by atoms with van der Waals surface area (Å²) in [6.07, 6.45) is 0. The van der Waals surface area contributed by atoms with Crippen molar-refractivity contribution in [3.63, 3.8) is 0 Å². The number of hydrogen-bond acceptors (Lipinski definition) is 3. The molecular weight excluding hydrogens is 268 g/mol. The normalized spacial score (nSPS) is 10.7. The maximum absolute atomic E-state index is 11.3. The third-order valence-electron chi connectivity index (χ3n) is 1.90. The Morgan fingerprint density at radius 1 is 1.22 bits per heavy atom. The topological polar surface area (TPSA) is 41.1 Å². The van der Waals surface area contributed by atoms with Gasteiger partial charge in [0.25, 0.3) is 0 Å². The number of amides is 1. The van der Waals surface area contributed by atoms with Gasteiger partial charge < -0.3 is 10.6 Å². The maximum atomic E-state index is 11.3. The number of likely N-dealkylation sites (N-methyl/N-ethyl adjacent to an activating group) is 1. The second-order valence-corrected chi connectivity index (χ2v) is 6.72. The molecule has 0 aromatic heterocycles. The van der Waals surface area contributed by atoms with Gasteiger partial charge >= 0.3 is 0 Å². The fourth-order valence-electron chi connectivity index (χ4n) is 1.33. The predicted octanol–water partition coefficient (Wildman–Crippen LogP) is 3.16. The minimum Gasteiger partial charge on any atom is -0.325 e. The molecular formula is C13H21ClN2OS. The molecule has 5 heteroatoms. The van der Waals surface area contributed by atoms with Crippen LogP contribution in [0.2, 0.25) is 0 Å². The third kappa shape index (κ3) is 6.89. The van der Waals surface area contributed by atoms with Crippen molar-refractivity contribution in [1.29, 1.82) is 0 Å². The van der Waals surface area contributed by atoms with Crippen LogP contribution >= 0.6 is 24.2 Å². The van der Waals surface area contributed by atoms with Crippen LogP contribution in [0.25, 0.3) is 0 Å². The Bertz CT molecular complexity index is 374. The summed E-state index contributed by atoms with van der Waals surface area (Å²) in [5.74, 6) is -0.0243. The third-order valence-corrected chi connectivity index (χ3v) is 3.02. The number of anilines is 1. The molecule has 0 heterocycles. The van der Waals surface area contributed by atoms with Gasteiger partial charge in [-0.3, -0.25) is 4.79 Å². The molecule has 0 unspecified atom stereocenters. The van der Waals surface area contributed by atoms with Gasteiger partial charge in [-0.05, 0) is 31.3 Å². The number of thioether (sulfide) groups is 1. The number of nitrogens with one attached hydrogen (secondary N) is 2. The summed E-state index contributed by atoms with van der Waals surface area (Å²) in [6, 6.07) is 7.93.